The van der Waals surface area contributed by atoms with E-state index in [9.17, 15) is 4.79 Å². The minimum absolute atomic E-state index is 0.0365. The van der Waals surface area contributed by atoms with Crippen molar-refractivity contribution in [3.8, 4) is 11.9 Å². The molecule has 0 fully saturated rings. The minimum Gasteiger partial charge on any atom is -0.481 e. The number of nitriles is 1. The van der Waals surface area contributed by atoms with E-state index in [4.69, 9.17) is 10.00 Å². The van der Waals surface area contributed by atoms with Crippen molar-refractivity contribution in [3.05, 3.63) is 6.07 Å². The maximum atomic E-state index is 11.8. The van der Waals surface area contributed by atoms with Crippen molar-refractivity contribution >= 4 is 11.7 Å². The molecule has 6 nitrogen and oxygen atoms in total. The number of methoxy groups -OCH3 is 1. The van der Waals surface area contributed by atoms with Gasteiger partial charge in [0.05, 0.1) is 13.2 Å². The number of carbonyl (C=O) groups excluding carboxylic acids is 1. The molecule has 0 radical (unpaired) electrons. The van der Waals surface area contributed by atoms with E-state index in [1.807, 2.05) is 19.9 Å². The first-order chi connectivity index (χ1) is 7.99. The van der Waals surface area contributed by atoms with E-state index < -0.39 is 5.92 Å². The van der Waals surface area contributed by atoms with Crippen LogP contribution in [0.5, 0.6) is 5.88 Å². The summed E-state index contributed by atoms with van der Waals surface area (Å²) in [5, 5.41) is 15.5. The Balaban J connectivity index is 2.77. The molecule has 1 amide bonds. The normalized spacial score (nSPS) is 12.0. The third-order valence-corrected chi connectivity index (χ3v) is 2.39. The number of aryl methyl sites for hydroxylation is 1. The molecular weight excluding hydrogens is 220 g/mol. The van der Waals surface area contributed by atoms with Crippen molar-refractivity contribution < 1.29 is 9.53 Å². The lowest BCUT2D eigenvalue weighted by Gasteiger charge is -2.11. The second-order valence-electron chi connectivity index (χ2n) is 4.04. The second-order valence-corrected chi connectivity index (χ2v) is 4.04. The van der Waals surface area contributed by atoms with Gasteiger partial charge in [-0.15, -0.1) is 0 Å². The molecule has 1 rings (SSSR count). The van der Waals surface area contributed by atoms with Crippen LogP contribution in [-0.2, 0) is 11.8 Å². The summed E-state index contributed by atoms with van der Waals surface area (Å²) in [6, 6.07) is 3.58. The highest BCUT2D eigenvalue weighted by molar-refractivity contribution is 5.93. The summed E-state index contributed by atoms with van der Waals surface area (Å²) < 4.78 is 6.53. The number of nitrogens with one attached hydrogen (secondary N) is 1. The predicted octanol–water partition coefficient (Wildman–Crippen LogP) is 1.16. The van der Waals surface area contributed by atoms with E-state index >= 15 is 0 Å². The van der Waals surface area contributed by atoms with Gasteiger partial charge in [0.15, 0.2) is 5.82 Å². The van der Waals surface area contributed by atoms with Gasteiger partial charge in [-0.1, -0.05) is 13.8 Å². The molecule has 0 aromatic carbocycles. The topological polar surface area (TPSA) is 79.9 Å². The molecule has 0 saturated carbocycles. The van der Waals surface area contributed by atoms with Crippen LogP contribution in [0.2, 0.25) is 0 Å². The Kier molecular flexibility index (Phi) is 4.10. The largest absolute Gasteiger partial charge is 0.481 e. The summed E-state index contributed by atoms with van der Waals surface area (Å²) >= 11 is 0. The third-order valence-electron chi connectivity index (χ3n) is 2.39. The molecule has 0 aliphatic carbocycles. The Morgan fingerprint density at radius 2 is 2.29 bits per heavy atom. The van der Waals surface area contributed by atoms with Crippen molar-refractivity contribution in [2.24, 2.45) is 18.9 Å². The zero-order valence-electron chi connectivity index (χ0n) is 10.4. The van der Waals surface area contributed by atoms with Crippen molar-refractivity contribution in [3.63, 3.8) is 0 Å². The fraction of sp³-hybridized carbons (Fsp3) is 0.545. The summed E-state index contributed by atoms with van der Waals surface area (Å²) in [4.78, 5) is 11.8. The molecule has 0 aliphatic rings. The van der Waals surface area contributed by atoms with Crippen LogP contribution in [0.25, 0.3) is 0 Å². The second kappa shape index (κ2) is 5.34. The average Bonchev–Trinajstić information content (AvgIpc) is 2.58. The molecule has 1 aromatic heterocycles. The number of ether oxygens (including phenoxy) is 1. The highest BCUT2D eigenvalue weighted by atomic mass is 16.5. The van der Waals surface area contributed by atoms with Gasteiger partial charge >= 0.3 is 0 Å². The Bertz CT molecular complexity index is 445. The van der Waals surface area contributed by atoms with E-state index in [-0.39, 0.29) is 11.8 Å². The van der Waals surface area contributed by atoms with Crippen molar-refractivity contribution in [1.29, 1.82) is 5.26 Å². The number of aromatic nitrogens is 2. The molecule has 1 N–H and O–H groups in total. The van der Waals surface area contributed by atoms with Crippen LogP contribution in [0, 0.1) is 23.2 Å². The molecule has 0 spiro atoms. The Morgan fingerprint density at radius 3 is 2.71 bits per heavy atom. The minimum atomic E-state index is -0.678. The predicted molar refractivity (Wildman–Crippen MR) is 62.3 cm³/mol. The summed E-state index contributed by atoms with van der Waals surface area (Å²) in [7, 11) is 3.23. The van der Waals surface area contributed by atoms with Gasteiger partial charge < -0.3 is 10.1 Å². The number of hydrogen-bond donors (Lipinski definition) is 1. The molecule has 1 unspecified atom stereocenters. The summed E-state index contributed by atoms with van der Waals surface area (Å²) in [5.74, 6) is -0.134. The molecule has 0 saturated heterocycles. The van der Waals surface area contributed by atoms with E-state index in [2.05, 4.69) is 10.4 Å². The number of anilines is 1. The van der Waals surface area contributed by atoms with Crippen LogP contribution in [0.15, 0.2) is 6.07 Å². The van der Waals surface area contributed by atoms with Crippen LogP contribution in [-0.4, -0.2) is 22.8 Å². The molecule has 1 atom stereocenters. The lowest BCUT2D eigenvalue weighted by atomic mass is 9.97. The van der Waals surface area contributed by atoms with E-state index in [1.54, 1.807) is 13.1 Å². The summed E-state index contributed by atoms with van der Waals surface area (Å²) in [6.45, 7) is 3.65. The summed E-state index contributed by atoms with van der Waals surface area (Å²) in [6.07, 6.45) is 0. The molecule has 1 heterocycles. The lowest BCUT2D eigenvalue weighted by molar-refractivity contribution is -0.119. The van der Waals surface area contributed by atoms with Gasteiger partial charge in [-0.25, -0.2) is 4.68 Å². The number of amides is 1. The van der Waals surface area contributed by atoms with Crippen molar-refractivity contribution in [2.75, 3.05) is 12.4 Å². The molecular formula is C11H16N4O2. The molecule has 17 heavy (non-hydrogen) atoms. The highest BCUT2D eigenvalue weighted by Gasteiger charge is 2.22. The zero-order chi connectivity index (χ0) is 13.0. The first-order valence-electron chi connectivity index (χ1n) is 5.28. The van der Waals surface area contributed by atoms with Crippen LogP contribution in [0.3, 0.4) is 0 Å². The van der Waals surface area contributed by atoms with Crippen molar-refractivity contribution in [1.82, 2.24) is 9.78 Å². The third kappa shape index (κ3) is 2.97. The maximum Gasteiger partial charge on any atom is 0.243 e. The standard InChI is InChI=1S/C11H16N4O2/c1-7(2)8(6-12)11(16)13-9-5-10(17-4)15(3)14-9/h5,7-8H,1-4H3,(H,13,14,16). The molecule has 6 heteroatoms. The van der Waals surface area contributed by atoms with Gasteiger partial charge in [0.25, 0.3) is 0 Å². The van der Waals surface area contributed by atoms with Crippen molar-refractivity contribution in [2.45, 2.75) is 13.8 Å². The molecule has 1 aromatic rings. The highest BCUT2D eigenvalue weighted by Crippen LogP contribution is 2.17. The smallest absolute Gasteiger partial charge is 0.243 e. The van der Waals surface area contributed by atoms with Gasteiger partial charge in [0, 0.05) is 13.1 Å². The molecule has 92 valence electrons. The monoisotopic (exact) mass is 236 g/mol. The fourth-order valence-electron chi connectivity index (χ4n) is 1.42. The Morgan fingerprint density at radius 1 is 1.65 bits per heavy atom. The zero-order valence-corrected chi connectivity index (χ0v) is 10.4. The van der Waals surface area contributed by atoms with Gasteiger partial charge in [0.1, 0.15) is 5.92 Å². The van der Waals surface area contributed by atoms with E-state index in [0.29, 0.717) is 11.7 Å². The van der Waals surface area contributed by atoms with E-state index in [0.717, 1.165) is 0 Å². The average molecular weight is 236 g/mol. The molecule has 0 bridgehead atoms. The number of nitrogens with zero attached hydrogens (tertiary/aromatic N) is 3. The van der Waals surface area contributed by atoms with Crippen LogP contribution in [0.1, 0.15) is 13.8 Å². The Labute approximate surface area is 100 Å². The van der Waals surface area contributed by atoms with Crippen LogP contribution < -0.4 is 10.1 Å². The lowest BCUT2D eigenvalue weighted by Crippen LogP contribution is -2.25. The number of rotatable bonds is 4. The summed E-state index contributed by atoms with van der Waals surface area (Å²) in [5.41, 5.74) is 0. The van der Waals surface area contributed by atoms with Gasteiger partial charge in [-0.2, -0.15) is 10.4 Å². The van der Waals surface area contributed by atoms with Crippen LogP contribution >= 0.6 is 0 Å². The number of hydrogen-bond acceptors (Lipinski definition) is 4. The Hall–Kier alpha value is -2.03. The first kappa shape index (κ1) is 13.0. The van der Waals surface area contributed by atoms with E-state index in [1.165, 1.54) is 11.8 Å². The molecule has 0 aliphatic heterocycles. The first-order valence-corrected chi connectivity index (χ1v) is 5.28. The van der Waals surface area contributed by atoms with Gasteiger partial charge in [-0.05, 0) is 5.92 Å². The SMILES string of the molecule is COc1cc(NC(=O)C(C#N)C(C)C)nn1C. The van der Waals surface area contributed by atoms with Crippen LogP contribution in [0.4, 0.5) is 5.82 Å². The quantitative estimate of drug-likeness (QED) is 0.850. The maximum absolute atomic E-state index is 11.8. The van der Waals surface area contributed by atoms with Gasteiger partial charge in [-0.3, -0.25) is 4.79 Å². The fourth-order valence-corrected chi connectivity index (χ4v) is 1.42. The van der Waals surface area contributed by atoms with Gasteiger partial charge in [0.2, 0.25) is 11.8 Å². The number of carbonyl (C=O) groups is 1.